The Morgan fingerprint density at radius 1 is 1.28 bits per heavy atom. The molecule has 1 aliphatic heterocycles. The average molecular weight is 449 g/mol. The van der Waals surface area contributed by atoms with Crippen molar-refractivity contribution in [3.63, 3.8) is 0 Å². The summed E-state index contributed by atoms with van der Waals surface area (Å²) in [5, 5.41) is 29.3. The smallest absolute Gasteiger partial charge is 0.266 e. The van der Waals surface area contributed by atoms with Crippen molar-refractivity contribution in [3.05, 3.63) is 35.8 Å². The molecule has 3 amide bonds. The van der Waals surface area contributed by atoms with Gasteiger partial charge in [-0.25, -0.2) is 0 Å². The molecule has 1 saturated heterocycles. The van der Waals surface area contributed by atoms with Gasteiger partial charge in [0.15, 0.2) is 0 Å². The molecule has 0 spiro atoms. The number of hydrogen-bond acceptors (Lipinski definition) is 7. The lowest BCUT2D eigenvalue weighted by molar-refractivity contribution is -0.136. The molecule has 1 aliphatic carbocycles. The zero-order valence-electron chi connectivity index (χ0n) is 18.5. The standard InChI is InChI=1S/C22H32N4O6/c1-15(2)10-25(22(31)19(13-28)21(30)24-17-4-5-17)11-16(9-23)3-6-20(29)26-7-8-32-14-18(26)12-27/h3,6,9,11,13,15,17-18,23,27-28H,4-5,7-8,10,12,14H2,1-2H3,(H,24,30)/b6-3+,16-11+,19-13+,23-9?/t18-/m1/s1. The van der Waals surface area contributed by atoms with Crippen LogP contribution in [-0.2, 0) is 19.1 Å². The molecule has 32 heavy (non-hydrogen) atoms. The minimum Gasteiger partial charge on any atom is -0.515 e. The molecule has 10 heteroatoms. The second kappa shape index (κ2) is 12.2. The van der Waals surface area contributed by atoms with Gasteiger partial charge in [0.25, 0.3) is 11.8 Å². The third kappa shape index (κ3) is 7.31. The van der Waals surface area contributed by atoms with Crippen molar-refractivity contribution in [2.24, 2.45) is 5.92 Å². The highest BCUT2D eigenvalue weighted by Gasteiger charge is 2.30. The highest BCUT2D eigenvalue weighted by atomic mass is 16.5. The van der Waals surface area contributed by atoms with E-state index in [1.54, 1.807) is 0 Å². The van der Waals surface area contributed by atoms with E-state index in [1.807, 2.05) is 13.8 Å². The van der Waals surface area contributed by atoms with Crippen molar-refractivity contribution in [2.75, 3.05) is 32.9 Å². The summed E-state index contributed by atoms with van der Waals surface area (Å²) >= 11 is 0. The van der Waals surface area contributed by atoms with E-state index in [4.69, 9.17) is 10.1 Å². The fraction of sp³-hybridized carbons (Fsp3) is 0.545. The van der Waals surface area contributed by atoms with Crippen LogP contribution in [0.1, 0.15) is 26.7 Å². The maximum absolute atomic E-state index is 12.9. The van der Waals surface area contributed by atoms with Crippen LogP contribution in [0.5, 0.6) is 0 Å². The summed E-state index contributed by atoms with van der Waals surface area (Å²) in [6.45, 7) is 4.76. The highest BCUT2D eigenvalue weighted by Crippen LogP contribution is 2.19. The first kappa shape index (κ1) is 25.3. The predicted octanol–water partition coefficient (Wildman–Crippen LogP) is 0.501. The first-order chi connectivity index (χ1) is 15.3. The van der Waals surface area contributed by atoms with Gasteiger partial charge in [-0.05, 0) is 24.8 Å². The highest BCUT2D eigenvalue weighted by molar-refractivity contribution is 6.18. The normalized spacial score (nSPS) is 19.9. The van der Waals surface area contributed by atoms with E-state index in [9.17, 15) is 24.6 Å². The molecular formula is C22H32N4O6. The summed E-state index contributed by atoms with van der Waals surface area (Å²) in [6, 6.07) is -0.414. The molecule has 0 aromatic rings. The number of hydrogen-bond donors (Lipinski definition) is 4. The van der Waals surface area contributed by atoms with Crippen molar-refractivity contribution < 1.29 is 29.3 Å². The molecule has 1 atom stereocenters. The first-order valence-electron chi connectivity index (χ1n) is 10.7. The Balaban J connectivity index is 2.18. The van der Waals surface area contributed by atoms with E-state index in [-0.39, 0.29) is 43.2 Å². The van der Waals surface area contributed by atoms with E-state index in [0.29, 0.717) is 19.4 Å². The lowest BCUT2D eigenvalue weighted by Gasteiger charge is -2.33. The molecule has 1 saturated carbocycles. The Morgan fingerprint density at radius 2 is 2.00 bits per heavy atom. The van der Waals surface area contributed by atoms with Crippen LogP contribution in [0.15, 0.2) is 35.8 Å². The van der Waals surface area contributed by atoms with Gasteiger partial charge in [-0.3, -0.25) is 14.4 Å². The lowest BCUT2D eigenvalue weighted by atomic mass is 10.1. The monoisotopic (exact) mass is 448 g/mol. The molecule has 10 nitrogen and oxygen atoms in total. The number of ether oxygens (including phenoxy) is 1. The summed E-state index contributed by atoms with van der Waals surface area (Å²) in [4.78, 5) is 40.5. The predicted molar refractivity (Wildman–Crippen MR) is 118 cm³/mol. The Kier molecular flexibility index (Phi) is 9.61. The zero-order chi connectivity index (χ0) is 23.7. The van der Waals surface area contributed by atoms with Crippen molar-refractivity contribution in [1.82, 2.24) is 15.1 Å². The van der Waals surface area contributed by atoms with Crippen LogP contribution in [0.25, 0.3) is 0 Å². The minimum atomic E-state index is -0.702. The van der Waals surface area contributed by atoms with Crippen LogP contribution in [0.3, 0.4) is 0 Å². The number of amides is 3. The van der Waals surface area contributed by atoms with Crippen LogP contribution in [0.4, 0.5) is 0 Å². The summed E-state index contributed by atoms with van der Waals surface area (Å²) in [5.74, 6) is -1.65. The minimum absolute atomic E-state index is 0.0216. The molecule has 2 aliphatic rings. The third-order valence-corrected chi connectivity index (χ3v) is 4.95. The molecule has 176 valence electrons. The van der Waals surface area contributed by atoms with E-state index >= 15 is 0 Å². The first-order valence-corrected chi connectivity index (χ1v) is 10.7. The summed E-state index contributed by atoms with van der Waals surface area (Å²) in [6.07, 6.45) is 7.20. The van der Waals surface area contributed by atoms with Crippen molar-refractivity contribution >= 4 is 23.9 Å². The van der Waals surface area contributed by atoms with E-state index in [1.165, 1.54) is 28.2 Å². The SMILES string of the molecule is CC(C)CN(/C=C(C=N)\C=C\C(=O)N1CCOC[C@H]1CO)C(=O)/C(=C/O)C(=O)NC1CC1. The van der Waals surface area contributed by atoms with Gasteiger partial charge >= 0.3 is 0 Å². The fourth-order valence-corrected chi connectivity index (χ4v) is 3.11. The number of allylic oxidation sites excluding steroid dienone is 2. The Bertz CT molecular complexity index is 800. The second-order valence-electron chi connectivity index (χ2n) is 8.19. The summed E-state index contributed by atoms with van der Waals surface area (Å²) < 4.78 is 5.27. The van der Waals surface area contributed by atoms with Crippen molar-refractivity contribution in [2.45, 2.75) is 38.8 Å². The quantitative estimate of drug-likeness (QED) is 0.0957. The lowest BCUT2D eigenvalue weighted by Crippen LogP contribution is -2.49. The number of nitrogens with one attached hydrogen (secondary N) is 2. The third-order valence-electron chi connectivity index (χ3n) is 4.95. The molecule has 0 unspecified atom stereocenters. The Hall–Kier alpha value is -2.98. The number of carbonyl (C=O) groups is 3. The van der Waals surface area contributed by atoms with E-state index in [2.05, 4.69) is 5.32 Å². The van der Waals surface area contributed by atoms with Gasteiger partial charge in [-0.15, -0.1) is 0 Å². The molecule has 2 fully saturated rings. The van der Waals surface area contributed by atoms with E-state index in [0.717, 1.165) is 19.1 Å². The van der Waals surface area contributed by atoms with E-state index < -0.39 is 23.4 Å². The number of aliphatic hydroxyl groups excluding tert-OH is 2. The molecule has 0 bridgehead atoms. The molecule has 1 heterocycles. The van der Waals surface area contributed by atoms with Gasteiger partial charge in [0.05, 0.1) is 32.1 Å². The Labute approximate surface area is 187 Å². The topological polar surface area (TPSA) is 143 Å². The van der Waals surface area contributed by atoms with Crippen molar-refractivity contribution in [3.8, 4) is 0 Å². The molecule has 0 aromatic heterocycles. The maximum atomic E-state index is 12.9. The molecule has 0 radical (unpaired) electrons. The summed E-state index contributed by atoms with van der Waals surface area (Å²) in [5.41, 5.74) is -0.140. The zero-order valence-corrected chi connectivity index (χ0v) is 18.5. The Morgan fingerprint density at radius 3 is 2.56 bits per heavy atom. The number of nitrogens with zero attached hydrogens (tertiary/aromatic N) is 2. The van der Waals surface area contributed by atoms with Crippen LogP contribution in [-0.4, -0.2) is 88.9 Å². The van der Waals surface area contributed by atoms with Crippen LogP contribution >= 0.6 is 0 Å². The number of morpholine rings is 1. The average Bonchev–Trinajstić information content (AvgIpc) is 3.59. The largest absolute Gasteiger partial charge is 0.515 e. The summed E-state index contributed by atoms with van der Waals surface area (Å²) in [7, 11) is 0. The number of aliphatic hydroxyl groups is 2. The van der Waals surface area contributed by atoms with Crippen LogP contribution in [0, 0.1) is 11.3 Å². The van der Waals surface area contributed by atoms with Gasteiger partial charge in [-0.2, -0.15) is 0 Å². The van der Waals surface area contributed by atoms with Gasteiger partial charge in [0.2, 0.25) is 5.91 Å². The van der Waals surface area contributed by atoms with Gasteiger partial charge in [0.1, 0.15) is 5.57 Å². The number of carbonyl (C=O) groups excluding carboxylic acids is 3. The maximum Gasteiger partial charge on any atom is 0.266 e. The molecule has 4 N–H and O–H groups in total. The van der Waals surface area contributed by atoms with Gasteiger partial charge in [-0.1, -0.05) is 13.8 Å². The van der Waals surface area contributed by atoms with Gasteiger partial charge in [0, 0.05) is 43.2 Å². The van der Waals surface area contributed by atoms with Crippen LogP contribution in [0.2, 0.25) is 0 Å². The number of rotatable bonds is 10. The van der Waals surface area contributed by atoms with Crippen LogP contribution < -0.4 is 5.32 Å². The fourth-order valence-electron chi connectivity index (χ4n) is 3.11. The molecular weight excluding hydrogens is 416 g/mol. The molecule has 2 rings (SSSR count). The van der Waals surface area contributed by atoms with Gasteiger partial charge < -0.3 is 35.5 Å². The van der Waals surface area contributed by atoms with Crippen molar-refractivity contribution in [1.29, 1.82) is 5.41 Å². The molecule has 0 aromatic carbocycles. The second-order valence-corrected chi connectivity index (χ2v) is 8.19.